The first-order valence-corrected chi connectivity index (χ1v) is 4.87. The lowest BCUT2D eigenvalue weighted by Crippen LogP contribution is -1.98. The number of aryl methyl sites for hydroxylation is 1. The molecule has 0 saturated carbocycles. The summed E-state index contributed by atoms with van der Waals surface area (Å²) in [6.45, 7) is 2.76. The van der Waals surface area contributed by atoms with Crippen LogP contribution in [0.15, 0.2) is 18.2 Å². The van der Waals surface area contributed by atoms with Crippen LogP contribution in [-0.4, -0.2) is 6.61 Å². The molecule has 0 aliphatic rings. The SMILES string of the molecule is C#CCCCCOc1cc[c]cc1C. The summed E-state index contributed by atoms with van der Waals surface area (Å²) in [5.41, 5.74) is 1.13. The first-order valence-electron chi connectivity index (χ1n) is 4.87. The van der Waals surface area contributed by atoms with Crippen molar-refractivity contribution in [1.82, 2.24) is 0 Å². The fraction of sp³-hybridized carbons (Fsp3) is 0.385. The molecule has 73 valence electrons. The van der Waals surface area contributed by atoms with E-state index in [4.69, 9.17) is 11.2 Å². The molecule has 0 unspecified atom stereocenters. The minimum Gasteiger partial charge on any atom is -0.493 e. The molecule has 1 heteroatoms. The smallest absolute Gasteiger partial charge is 0.122 e. The van der Waals surface area contributed by atoms with E-state index in [1.807, 2.05) is 25.1 Å². The Hall–Kier alpha value is -1.42. The first kappa shape index (κ1) is 10.7. The fourth-order valence-electron chi connectivity index (χ4n) is 1.17. The van der Waals surface area contributed by atoms with E-state index in [9.17, 15) is 0 Å². The molecule has 0 aliphatic carbocycles. The number of unbranched alkanes of at least 4 members (excludes halogenated alkanes) is 2. The Balaban J connectivity index is 2.25. The normalized spacial score (nSPS) is 9.43. The Labute approximate surface area is 86.1 Å². The molecule has 0 spiro atoms. The van der Waals surface area contributed by atoms with Crippen molar-refractivity contribution in [3.8, 4) is 18.1 Å². The van der Waals surface area contributed by atoms with Crippen LogP contribution in [0.5, 0.6) is 5.75 Å². The minimum absolute atomic E-state index is 0.743. The maximum Gasteiger partial charge on any atom is 0.122 e. The van der Waals surface area contributed by atoms with Crippen LogP contribution in [0.1, 0.15) is 24.8 Å². The van der Waals surface area contributed by atoms with Crippen molar-refractivity contribution in [3.63, 3.8) is 0 Å². The van der Waals surface area contributed by atoms with Gasteiger partial charge in [-0.25, -0.2) is 0 Å². The van der Waals surface area contributed by atoms with Crippen molar-refractivity contribution in [2.45, 2.75) is 26.2 Å². The zero-order valence-corrected chi connectivity index (χ0v) is 8.55. The van der Waals surface area contributed by atoms with Gasteiger partial charge in [-0.3, -0.25) is 0 Å². The molecule has 0 fully saturated rings. The zero-order valence-electron chi connectivity index (χ0n) is 8.55. The third kappa shape index (κ3) is 3.53. The maximum absolute atomic E-state index is 5.59. The van der Waals surface area contributed by atoms with Gasteiger partial charge in [-0.2, -0.15) is 0 Å². The van der Waals surface area contributed by atoms with E-state index >= 15 is 0 Å². The Morgan fingerprint density at radius 3 is 3.07 bits per heavy atom. The number of ether oxygens (including phenoxy) is 1. The second-order valence-electron chi connectivity index (χ2n) is 3.20. The van der Waals surface area contributed by atoms with Gasteiger partial charge >= 0.3 is 0 Å². The fourth-order valence-corrected chi connectivity index (χ4v) is 1.17. The molecule has 1 aromatic carbocycles. The number of terminal acetylenes is 1. The second kappa shape index (κ2) is 6.10. The lowest BCUT2D eigenvalue weighted by Gasteiger charge is -2.07. The van der Waals surface area contributed by atoms with Crippen LogP contribution in [0.3, 0.4) is 0 Å². The number of hydrogen-bond acceptors (Lipinski definition) is 1. The molecule has 0 N–H and O–H groups in total. The molecular formula is C13H15O. The van der Waals surface area contributed by atoms with Gasteiger partial charge in [0.2, 0.25) is 0 Å². The summed E-state index contributed by atoms with van der Waals surface area (Å²) in [6.07, 6.45) is 8.04. The summed E-state index contributed by atoms with van der Waals surface area (Å²) in [7, 11) is 0. The summed E-state index contributed by atoms with van der Waals surface area (Å²) in [6, 6.07) is 8.74. The van der Waals surface area contributed by atoms with Gasteiger partial charge in [0.05, 0.1) is 6.61 Å². The van der Waals surface area contributed by atoms with Gasteiger partial charge < -0.3 is 4.74 Å². The van der Waals surface area contributed by atoms with E-state index in [1.54, 1.807) is 0 Å². The highest BCUT2D eigenvalue weighted by Gasteiger charge is 1.96. The van der Waals surface area contributed by atoms with Crippen LogP contribution in [0.4, 0.5) is 0 Å². The molecule has 1 rings (SSSR count). The third-order valence-electron chi connectivity index (χ3n) is 1.99. The zero-order chi connectivity index (χ0) is 10.2. The Kier molecular flexibility index (Phi) is 4.64. The second-order valence-corrected chi connectivity index (χ2v) is 3.20. The highest BCUT2D eigenvalue weighted by molar-refractivity contribution is 5.31. The lowest BCUT2D eigenvalue weighted by atomic mass is 10.2. The van der Waals surface area contributed by atoms with Crippen LogP contribution < -0.4 is 4.74 Å². The van der Waals surface area contributed by atoms with Crippen molar-refractivity contribution in [1.29, 1.82) is 0 Å². The number of rotatable bonds is 5. The van der Waals surface area contributed by atoms with E-state index in [2.05, 4.69) is 12.0 Å². The molecule has 0 atom stereocenters. The van der Waals surface area contributed by atoms with Gasteiger partial charge in [0.15, 0.2) is 0 Å². The van der Waals surface area contributed by atoms with Crippen LogP contribution >= 0.6 is 0 Å². The molecular weight excluding hydrogens is 172 g/mol. The maximum atomic E-state index is 5.59. The Morgan fingerprint density at radius 2 is 2.36 bits per heavy atom. The summed E-state index contributed by atoms with van der Waals surface area (Å²) in [5, 5.41) is 0. The van der Waals surface area contributed by atoms with Gasteiger partial charge in [0.1, 0.15) is 5.75 Å². The molecule has 0 aromatic heterocycles. The molecule has 0 bridgehead atoms. The van der Waals surface area contributed by atoms with Gasteiger partial charge in [-0.05, 0) is 43.5 Å². The van der Waals surface area contributed by atoms with Crippen LogP contribution in [0.25, 0.3) is 0 Å². The van der Waals surface area contributed by atoms with Crippen LogP contribution in [-0.2, 0) is 0 Å². The topological polar surface area (TPSA) is 9.23 Å². The van der Waals surface area contributed by atoms with Gasteiger partial charge in [-0.1, -0.05) is 6.07 Å². The standard InChI is InChI=1S/C13H15O/c1-3-4-5-8-11-14-13-10-7-6-9-12(13)2/h1,7,9-10H,4-5,8,11H2,2H3. The van der Waals surface area contributed by atoms with E-state index in [-0.39, 0.29) is 0 Å². The van der Waals surface area contributed by atoms with Crippen molar-refractivity contribution in [2.24, 2.45) is 0 Å². The highest BCUT2D eigenvalue weighted by Crippen LogP contribution is 2.16. The van der Waals surface area contributed by atoms with Crippen molar-refractivity contribution in [3.05, 3.63) is 29.8 Å². The predicted octanol–water partition coefficient (Wildman–Crippen LogP) is 2.98. The average Bonchev–Trinajstić information content (AvgIpc) is 2.20. The van der Waals surface area contributed by atoms with Crippen LogP contribution in [0.2, 0.25) is 0 Å². The van der Waals surface area contributed by atoms with E-state index in [0.717, 1.165) is 37.2 Å². The molecule has 0 heterocycles. The Morgan fingerprint density at radius 1 is 1.50 bits per heavy atom. The quantitative estimate of drug-likeness (QED) is 0.508. The summed E-state index contributed by atoms with van der Waals surface area (Å²) in [5.74, 6) is 3.57. The monoisotopic (exact) mass is 187 g/mol. The van der Waals surface area contributed by atoms with Crippen molar-refractivity contribution < 1.29 is 4.74 Å². The molecule has 14 heavy (non-hydrogen) atoms. The van der Waals surface area contributed by atoms with Gasteiger partial charge in [-0.15, -0.1) is 12.3 Å². The molecule has 0 saturated heterocycles. The van der Waals surface area contributed by atoms with E-state index in [0.29, 0.717) is 0 Å². The Bertz CT molecular complexity index is 309. The first-order chi connectivity index (χ1) is 6.84. The van der Waals surface area contributed by atoms with Gasteiger partial charge in [0, 0.05) is 6.42 Å². The largest absolute Gasteiger partial charge is 0.493 e. The number of hydrogen-bond donors (Lipinski definition) is 0. The summed E-state index contributed by atoms with van der Waals surface area (Å²) in [4.78, 5) is 0. The predicted molar refractivity (Wildman–Crippen MR) is 58.2 cm³/mol. The van der Waals surface area contributed by atoms with E-state index < -0.39 is 0 Å². The molecule has 1 nitrogen and oxygen atoms in total. The summed E-state index contributed by atoms with van der Waals surface area (Å²) >= 11 is 0. The highest BCUT2D eigenvalue weighted by atomic mass is 16.5. The van der Waals surface area contributed by atoms with Crippen molar-refractivity contribution >= 4 is 0 Å². The average molecular weight is 187 g/mol. The lowest BCUT2D eigenvalue weighted by molar-refractivity contribution is 0.305. The van der Waals surface area contributed by atoms with E-state index in [1.165, 1.54) is 0 Å². The molecule has 0 amide bonds. The molecule has 1 aromatic rings. The van der Waals surface area contributed by atoms with Gasteiger partial charge in [0.25, 0.3) is 0 Å². The molecule has 1 radical (unpaired) electrons. The third-order valence-corrected chi connectivity index (χ3v) is 1.99. The van der Waals surface area contributed by atoms with Crippen LogP contribution in [0, 0.1) is 25.3 Å². The van der Waals surface area contributed by atoms with Crippen molar-refractivity contribution in [2.75, 3.05) is 6.61 Å². The number of benzene rings is 1. The summed E-state index contributed by atoms with van der Waals surface area (Å²) < 4.78 is 5.59. The minimum atomic E-state index is 0.743. The molecule has 0 aliphatic heterocycles.